The summed E-state index contributed by atoms with van der Waals surface area (Å²) in [5.74, 6) is -1.13. The van der Waals surface area contributed by atoms with Crippen LogP contribution in [0.3, 0.4) is 0 Å². The highest BCUT2D eigenvalue weighted by Crippen LogP contribution is 2.37. The van der Waals surface area contributed by atoms with Gasteiger partial charge >= 0.3 is 20.3 Å². The van der Waals surface area contributed by atoms with E-state index in [4.69, 9.17) is 9.16 Å². The van der Waals surface area contributed by atoms with Crippen LogP contribution in [0.1, 0.15) is 60.8 Å². The van der Waals surface area contributed by atoms with Crippen molar-refractivity contribution in [1.29, 1.82) is 0 Å². The Kier molecular flexibility index (Phi) is 10.1. The predicted octanol–water partition coefficient (Wildman–Crippen LogP) is 5.72. The zero-order valence-corrected chi connectivity index (χ0v) is 22.4. The largest absolute Gasteiger partial charge is 0.509 e. The first-order valence-corrected chi connectivity index (χ1v) is 13.7. The first-order valence-electron chi connectivity index (χ1n) is 11.8. The molecule has 0 N–H and O–H groups in total. The van der Waals surface area contributed by atoms with Crippen molar-refractivity contribution in [1.82, 2.24) is 0 Å². The number of benzene rings is 2. The molecule has 2 aromatic carbocycles. The summed E-state index contributed by atoms with van der Waals surface area (Å²) in [6.45, 7) is 12.6. The number of hydrogen-bond donors (Lipinski definition) is 0. The van der Waals surface area contributed by atoms with Gasteiger partial charge in [0.25, 0.3) is 0 Å². The second kappa shape index (κ2) is 12.5. The van der Waals surface area contributed by atoms with E-state index >= 15 is 0 Å². The molecule has 4 nitrogen and oxygen atoms in total. The average molecular weight is 479 g/mol. The number of rotatable bonds is 10. The van der Waals surface area contributed by atoms with Gasteiger partial charge in [-0.05, 0) is 55.1 Å². The number of carbonyl (C=O) groups excluding carboxylic acids is 2. The average Bonchev–Trinajstić information content (AvgIpc) is 2.77. The molecule has 0 atom stereocenters. The molecule has 0 heterocycles. The first-order chi connectivity index (χ1) is 16.1. The molecule has 0 aliphatic rings. The van der Waals surface area contributed by atoms with Crippen molar-refractivity contribution < 1.29 is 18.8 Å². The van der Waals surface area contributed by atoms with Crippen LogP contribution in [0.15, 0.2) is 84.0 Å². The fourth-order valence-corrected chi connectivity index (χ4v) is 8.34. The first kappa shape index (κ1) is 27.3. The van der Waals surface area contributed by atoms with Crippen LogP contribution in [0.25, 0.3) is 0 Å². The molecule has 34 heavy (non-hydrogen) atoms. The summed E-state index contributed by atoms with van der Waals surface area (Å²) >= 11 is 0. The van der Waals surface area contributed by atoms with Gasteiger partial charge in [0.15, 0.2) is 0 Å². The lowest BCUT2D eigenvalue weighted by atomic mass is 10.1. The smallest absolute Gasteiger partial charge is 0.323 e. The monoisotopic (exact) mass is 478 g/mol. The zero-order chi connectivity index (χ0) is 25.2. The second-order valence-corrected chi connectivity index (χ2v) is 14.1. The third kappa shape index (κ3) is 7.56. The molecule has 2 aromatic rings. The van der Waals surface area contributed by atoms with Crippen molar-refractivity contribution in [3.8, 4) is 0 Å². The van der Waals surface area contributed by atoms with Crippen LogP contribution in [0.2, 0.25) is 5.04 Å². The Balaban J connectivity index is 2.15. The van der Waals surface area contributed by atoms with Gasteiger partial charge in [-0.2, -0.15) is 0 Å². The maximum Gasteiger partial charge on any atom is 0.323 e. The molecule has 0 aliphatic carbocycles. The molecule has 0 radical (unpaired) electrons. The van der Waals surface area contributed by atoms with E-state index in [0.717, 1.165) is 28.8 Å². The summed E-state index contributed by atoms with van der Waals surface area (Å²) < 4.78 is 11.6. The molecule has 0 aliphatic heterocycles. The summed E-state index contributed by atoms with van der Waals surface area (Å²) in [4.78, 5) is 25.5. The van der Waals surface area contributed by atoms with Crippen molar-refractivity contribution in [2.24, 2.45) is 0 Å². The van der Waals surface area contributed by atoms with Crippen molar-refractivity contribution >= 4 is 30.6 Å². The van der Waals surface area contributed by atoms with Gasteiger partial charge in [0.2, 0.25) is 0 Å². The topological polar surface area (TPSA) is 52.6 Å². The SMILES string of the molecule is CC(C)=CCC/C(C)=C/COC(=O)CC(=O)O[Si](c1ccccc1)(c1ccccc1)C(C)(C)C. The minimum absolute atomic E-state index is 0.159. The van der Waals surface area contributed by atoms with Crippen molar-refractivity contribution in [2.75, 3.05) is 6.61 Å². The maximum absolute atomic E-state index is 13.1. The van der Waals surface area contributed by atoms with Crippen LogP contribution in [0.4, 0.5) is 0 Å². The van der Waals surface area contributed by atoms with Gasteiger partial charge < -0.3 is 9.16 Å². The number of allylic oxidation sites excluding steroid dienone is 3. The molecule has 0 amide bonds. The molecule has 0 saturated heterocycles. The Labute approximate surface area is 205 Å². The predicted molar refractivity (Wildman–Crippen MR) is 142 cm³/mol. The minimum Gasteiger partial charge on any atom is -0.509 e. The van der Waals surface area contributed by atoms with Crippen LogP contribution in [0, 0.1) is 0 Å². The highest BCUT2D eigenvalue weighted by Gasteiger charge is 2.53. The van der Waals surface area contributed by atoms with E-state index in [-0.39, 0.29) is 11.6 Å². The van der Waals surface area contributed by atoms with E-state index in [1.807, 2.05) is 73.7 Å². The van der Waals surface area contributed by atoms with Gasteiger partial charge in [-0.15, -0.1) is 0 Å². The third-order valence-electron chi connectivity index (χ3n) is 5.74. The molecular weight excluding hydrogens is 440 g/mol. The van der Waals surface area contributed by atoms with E-state index in [1.54, 1.807) is 0 Å². The van der Waals surface area contributed by atoms with Gasteiger partial charge in [-0.3, -0.25) is 9.59 Å². The van der Waals surface area contributed by atoms with Crippen LogP contribution < -0.4 is 10.4 Å². The standard InChI is InChI=1S/C29H38O4Si/c1-23(2)14-13-15-24(3)20-21-32-27(30)22-28(31)33-34(29(4,5)6,25-16-9-7-10-17-25)26-18-11-8-12-19-26/h7-12,14,16-20H,13,15,21-22H2,1-6H3/b24-20+. The van der Waals surface area contributed by atoms with E-state index in [0.29, 0.717) is 0 Å². The number of esters is 1. The van der Waals surface area contributed by atoms with Crippen LogP contribution in [-0.4, -0.2) is 26.9 Å². The molecule has 182 valence electrons. The number of carbonyl (C=O) groups is 2. The zero-order valence-electron chi connectivity index (χ0n) is 21.4. The fourth-order valence-electron chi connectivity index (χ4n) is 3.99. The van der Waals surface area contributed by atoms with E-state index < -0.39 is 26.7 Å². The van der Waals surface area contributed by atoms with Crippen LogP contribution in [0.5, 0.6) is 0 Å². The minimum atomic E-state index is -3.03. The molecule has 0 saturated carbocycles. The second-order valence-electron chi connectivity index (χ2n) is 9.87. The summed E-state index contributed by atoms with van der Waals surface area (Å²) in [6.07, 6.45) is 5.55. The van der Waals surface area contributed by atoms with E-state index in [9.17, 15) is 9.59 Å². The molecule has 0 spiro atoms. The molecule has 0 unspecified atom stereocenters. The summed E-state index contributed by atoms with van der Waals surface area (Å²) in [5, 5.41) is 1.64. The Hall–Kier alpha value is -2.92. The molecular formula is C29H38O4Si. The van der Waals surface area contributed by atoms with Gasteiger partial charge in [-0.1, -0.05) is 98.7 Å². The Morgan fingerprint density at radius 3 is 1.82 bits per heavy atom. The van der Waals surface area contributed by atoms with Crippen molar-refractivity contribution in [3.63, 3.8) is 0 Å². The number of hydrogen-bond acceptors (Lipinski definition) is 4. The summed E-state index contributed by atoms with van der Waals surface area (Å²) in [6, 6.07) is 19.8. The Bertz CT molecular complexity index is 958. The van der Waals surface area contributed by atoms with Crippen LogP contribution >= 0.6 is 0 Å². The fraction of sp³-hybridized carbons (Fsp3) is 0.379. The van der Waals surface area contributed by atoms with Crippen molar-refractivity contribution in [2.45, 2.75) is 65.8 Å². The molecule has 0 bridgehead atoms. The normalized spacial score (nSPS) is 12.1. The Morgan fingerprint density at radius 1 is 0.824 bits per heavy atom. The third-order valence-corrected chi connectivity index (χ3v) is 10.7. The molecule has 5 heteroatoms. The lowest BCUT2D eigenvalue weighted by Gasteiger charge is -2.42. The highest BCUT2D eigenvalue weighted by atomic mass is 28.4. The van der Waals surface area contributed by atoms with Crippen molar-refractivity contribution in [3.05, 3.63) is 84.0 Å². The van der Waals surface area contributed by atoms with Gasteiger partial charge in [0, 0.05) is 0 Å². The van der Waals surface area contributed by atoms with Gasteiger partial charge in [0.1, 0.15) is 13.0 Å². The number of ether oxygens (including phenoxy) is 1. The quantitative estimate of drug-likeness (QED) is 0.190. The van der Waals surface area contributed by atoms with E-state index in [2.05, 4.69) is 40.7 Å². The molecule has 0 fully saturated rings. The summed E-state index contributed by atoms with van der Waals surface area (Å²) in [5.41, 5.74) is 2.44. The van der Waals surface area contributed by atoms with Crippen LogP contribution in [-0.2, 0) is 18.8 Å². The van der Waals surface area contributed by atoms with Gasteiger partial charge in [-0.25, -0.2) is 0 Å². The van der Waals surface area contributed by atoms with Gasteiger partial charge in [0.05, 0.1) is 0 Å². The summed E-state index contributed by atoms with van der Waals surface area (Å²) in [7, 11) is -3.03. The maximum atomic E-state index is 13.1. The Morgan fingerprint density at radius 2 is 1.35 bits per heavy atom. The molecule has 2 rings (SSSR count). The van der Waals surface area contributed by atoms with E-state index in [1.165, 1.54) is 5.57 Å². The molecule has 0 aromatic heterocycles. The lowest BCUT2D eigenvalue weighted by molar-refractivity contribution is -0.149. The lowest BCUT2D eigenvalue weighted by Crippen LogP contribution is -2.67. The highest BCUT2D eigenvalue weighted by molar-refractivity contribution is 7.00.